The van der Waals surface area contributed by atoms with Crippen LogP contribution in [-0.2, 0) is 0 Å². The highest BCUT2D eigenvalue weighted by Crippen LogP contribution is 2.25. The topological polar surface area (TPSA) is 29.5 Å². The molecule has 150 valence electrons. The Hall–Kier alpha value is -2.13. The van der Waals surface area contributed by atoms with Crippen LogP contribution in [0.25, 0.3) is 0 Å². The molecule has 1 saturated heterocycles. The van der Waals surface area contributed by atoms with Crippen LogP contribution in [0.15, 0.2) is 54.6 Å². The number of hydrogen-bond acceptors (Lipinski definition) is 3. The van der Waals surface area contributed by atoms with Gasteiger partial charge in [0.25, 0.3) is 0 Å². The van der Waals surface area contributed by atoms with Crippen LogP contribution in [0.3, 0.4) is 0 Å². The van der Waals surface area contributed by atoms with E-state index in [4.69, 9.17) is 4.74 Å². The second-order valence-corrected chi connectivity index (χ2v) is 7.77. The molecule has 0 N–H and O–H groups in total. The lowest BCUT2D eigenvalue weighted by molar-refractivity contribution is 0.0925. The Morgan fingerprint density at radius 3 is 2.36 bits per heavy atom. The van der Waals surface area contributed by atoms with Crippen LogP contribution in [-0.4, -0.2) is 36.9 Å². The second-order valence-electron chi connectivity index (χ2n) is 7.77. The molecule has 0 bridgehead atoms. The van der Waals surface area contributed by atoms with Gasteiger partial charge >= 0.3 is 0 Å². The molecule has 1 unspecified atom stereocenters. The predicted octanol–water partition coefficient (Wildman–Crippen LogP) is 5.71. The molecular weight excluding hydrogens is 346 g/mol. The number of likely N-dealkylation sites (tertiary alicyclic amines) is 1. The molecule has 0 amide bonds. The number of benzene rings is 2. The van der Waals surface area contributed by atoms with Gasteiger partial charge in [0.2, 0.25) is 0 Å². The highest BCUT2D eigenvalue weighted by atomic mass is 16.5. The maximum Gasteiger partial charge on any atom is 0.171 e. The fraction of sp³-hybridized carbons (Fsp3) is 0.480. The Morgan fingerprint density at radius 2 is 1.68 bits per heavy atom. The van der Waals surface area contributed by atoms with Crippen molar-refractivity contribution in [2.75, 3.05) is 26.2 Å². The van der Waals surface area contributed by atoms with E-state index in [1.165, 1.54) is 32.1 Å². The lowest BCUT2D eigenvalue weighted by atomic mass is 9.89. The van der Waals surface area contributed by atoms with Gasteiger partial charge in [-0.05, 0) is 62.2 Å². The van der Waals surface area contributed by atoms with Gasteiger partial charge in [0, 0.05) is 12.1 Å². The first-order valence-electron chi connectivity index (χ1n) is 10.8. The van der Waals surface area contributed by atoms with Gasteiger partial charge < -0.3 is 9.64 Å². The number of carbonyl (C=O) groups is 1. The molecule has 2 aromatic carbocycles. The Balaban J connectivity index is 1.69. The predicted molar refractivity (Wildman–Crippen MR) is 115 cm³/mol. The summed E-state index contributed by atoms with van der Waals surface area (Å²) in [4.78, 5) is 15.8. The van der Waals surface area contributed by atoms with E-state index in [0.717, 1.165) is 49.5 Å². The summed E-state index contributed by atoms with van der Waals surface area (Å²) in [5.41, 5.74) is 1.88. The van der Waals surface area contributed by atoms with Crippen molar-refractivity contribution in [3.05, 3.63) is 65.7 Å². The molecule has 3 rings (SSSR count). The van der Waals surface area contributed by atoms with Gasteiger partial charge in [-0.2, -0.15) is 0 Å². The summed E-state index contributed by atoms with van der Waals surface area (Å²) >= 11 is 0. The highest BCUT2D eigenvalue weighted by molar-refractivity contribution is 6.01. The van der Waals surface area contributed by atoms with Crippen LogP contribution in [0.1, 0.15) is 67.3 Å². The zero-order valence-electron chi connectivity index (χ0n) is 17.1. The van der Waals surface area contributed by atoms with Gasteiger partial charge in [0.1, 0.15) is 5.75 Å². The largest absolute Gasteiger partial charge is 0.494 e. The molecule has 1 atom stereocenters. The molecule has 0 radical (unpaired) electrons. The van der Waals surface area contributed by atoms with Gasteiger partial charge in [-0.1, -0.05) is 56.5 Å². The summed E-state index contributed by atoms with van der Waals surface area (Å²) in [7, 11) is 0. The highest BCUT2D eigenvalue weighted by Gasteiger charge is 2.25. The van der Waals surface area contributed by atoms with Crippen LogP contribution in [0.4, 0.5) is 0 Å². The summed E-state index contributed by atoms with van der Waals surface area (Å²) in [5.74, 6) is 0.935. The number of nitrogens with zero attached hydrogens (tertiary/aromatic N) is 1. The van der Waals surface area contributed by atoms with Crippen molar-refractivity contribution in [2.24, 2.45) is 0 Å². The molecule has 2 aromatic rings. The van der Waals surface area contributed by atoms with E-state index < -0.39 is 0 Å². The molecule has 1 aliphatic heterocycles. The van der Waals surface area contributed by atoms with E-state index in [1.807, 2.05) is 42.5 Å². The van der Waals surface area contributed by atoms with Crippen molar-refractivity contribution < 1.29 is 9.53 Å². The minimum atomic E-state index is -0.115. The number of unbranched alkanes of at least 4 members (excludes halogenated alkanes) is 2. The summed E-state index contributed by atoms with van der Waals surface area (Å²) in [5, 5.41) is 0. The van der Waals surface area contributed by atoms with Gasteiger partial charge in [-0.3, -0.25) is 4.79 Å². The SMILES string of the molecule is CCCCCOc1ccc(C(=O)C(CN2CCCCC2)c2ccccc2)cc1. The van der Waals surface area contributed by atoms with E-state index >= 15 is 0 Å². The summed E-state index contributed by atoms with van der Waals surface area (Å²) < 4.78 is 5.79. The van der Waals surface area contributed by atoms with E-state index in [-0.39, 0.29) is 11.7 Å². The first-order valence-corrected chi connectivity index (χ1v) is 10.8. The van der Waals surface area contributed by atoms with E-state index in [9.17, 15) is 4.79 Å². The number of ketones is 1. The first kappa shape index (κ1) is 20.6. The van der Waals surface area contributed by atoms with Crippen molar-refractivity contribution >= 4 is 5.78 Å². The van der Waals surface area contributed by atoms with Crippen LogP contribution >= 0.6 is 0 Å². The molecule has 3 nitrogen and oxygen atoms in total. The van der Waals surface area contributed by atoms with Crippen LogP contribution in [0, 0.1) is 0 Å². The molecule has 0 saturated carbocycles. The molecule has 1 aliphatic rings. The average Bonchev–Trinajstić information content (AvgIpc) is 2.76. The van der Waals surface area contributed by atoms with E-state index in [2.05, 4.69) is 24.0 Å². The minimum absolute atomic E-state index is 0.115. The number of ether oxygens (including phenoxy) is 1. The molecule has 1 heterocycles. The fourth-order valence-corrected chi connectivity index (χ4v) is 3.88. The molecule has 1 fully saturated rings. The first-order chi connectivity index (χ1) is 13.8. The maximum atomic E-state index is 13.4. The number of hydrogen-bond donors (Lipinski definition) is 0. The van der Waals surface area contributed by atoms with Crippen molar-refractivity contribution in [3.8, 4) is 5.75 Å². The van der Waals surface area contributed by atoms with Crippen molar-refractivity contribution in [1.82, 2.24) is 4.90 Å². The molecular formula is C25H33NO2. The fourth-order valence-electron chi connectivity index (χ4n) is 3.88. The van der Waals surface area contributed by atoms with E-state index in [0.29, 0.717) is 0 Å². The monoisotopic (exact) mass is 379 g/mol. The average molecular weight is 380 g/mol. The third-order valence-corrected chi connectivity index (χ3v) is 5.56. The van der Waals surface area contributed by atoms with Crippen LogP contribution in [0.5, 0.6) is 5.75 Å². The van der Waals surface area contributed by atoms with Gasteiger partial charge in [0.05, 0.1) is 12.5 Å². The van der Waals surface area contributed by atoms with Crippen molar-refractivity contribution in [1.29, 1.82) is 0 Å². The molecule has 0 aromatic heterocycles. The Bertz CT molecular complexity index is 705. The van der Waals surface area contributed by atoms with E-state index in [1.54, 1.807) is 0 Å². The van der Waals surface area contributed by atoms with Gasteiger partial charge in [-0.25, -0.2) is 0 Å². The molecule has 0 spiro atoms. The Kier molecular flexibility index (Phi) is 8.10. The number of Topliss-reactive ketones (excluding diaryl/α,β-unsaturated/α-hetero) is 1. The zero-order valence-corrected chi connectivity index (χ0v) is 17.1. The molecule has 0 aliphatic carbocycles. The second kappa shape index (κ2) is 11.0. The third kappa shape index (κ3) is 5.93. The normalized spacial score (nSPS) is 15.9. The zero-order chi connectivity index (χ0) is 19.6. The summed E-state index contributed by atoms with van der Waals surface area (Å²) in [6, 6.07) is 17.9. The molecule has 3 heteroatoms. The van der Waals surface area contributed by atoms with Gasteiger partial charge in [-0.15, -0.1) is 0 Å². The smallest absolute Gasteiger partial charge is 0.171 e. The van der Waals surface area contributed by atoms with Crippen molar-refractivity contribution in [3.63, 3.8) is 0 Å². The van der Waals surface area contributed by atoms with Gasteiger partial charge in [0.15, 0.2) is 5.78 Å². The third-order valence-electron chi connectivity index (χ3n) is 5.56. The van der Waals surface area contributed by atoms with Crippen molar-refractivity contribution in [2.45, 2.75) is 51.4 Å². The Labute approximate surface area is 169 Å². The number of carbonyl (C=O) groups excluding carboxylic acids is 1. The minimum Gasteiger partial charge on any atom is -0.494 e. The molecule has 28 heavy (non-hydrogen) atoms. The van der Waals surface area contributed by atoms with Crippen LogP contribution in [0.2, 0.25) is 0 Å². The lowest BCUT2D eigenvalue weighted by Crippen LogP contribution is -2.35. The number of rotatable bonds is 10. The summed E-state index contributed by atoms with van der Waals surface area (Å²) in [6.07, 6.45) is 7.23. The summed E-state index contributed by atoms with van der Waals surface area (Å²) in [6.45, 7) is 5.93. The van der Waals surface area contributed by atoms with Crippen LogP contribution < -0.4 is 4.74 Å². The quantitative estimate of drug-likeness (QED) is 0.391. The standard InChI is InChI=1S/C25H33NO2/c1-2-3-10-19-28-23-15-13-22(14-16-23)25(27)24(21-11-6-4-7-12-21)20-26-17-8-5-9-18-26/h4,6-7,11-16,24H,2-3,5,8-10,17-20H2,1H3. The maximum absolute atomic E-state index is 13.4. The lowest BCUT2D eigenvalue weighted by Gasteiger charge is -2.30. The Morgan fingerprint density at radius 1 is 0.964 bits per heavy atom. The number of piperidine rings is 1.